The van der Waals surface area contributed by atoms with Gasteiger partial charge in [-0.05, 0) is 7.05 Å². The molecule has 0 rings (SSSR count). The van der Waals surface area contributed by atoms with E-state index in [1.807, 2.05) is 0 Å². The van der Waals surface area contributed by atoms with Gasteiger partial charge in [0.25, 0.3) is 0 Å². The summed E-state index contributed by atoms with van der Waals surface area (Å²) in [6.07, 6.45) is -3.93. The number of carbonyl (C=O) groups is 1. The minimum absolute atomic E-state index is 0.0443. The van der Waals surface area contributed by atoms with Crippen molar-refractivity contribution in [1.29, 1.82) is 0 Å². The fourth-order valence-corrected chi connectivity index (χ4v) is 0.703. The summed E-state index contributed by atoms with van der Waals surface area (Å²) in [5.41, 5.74) is 0. The first kappa shape index (κ1) is 11.4. The molecule has 0 unspecified atom stereocenters. The van der Waals surface area contributed by atoms with Crippen molar-refractivity contribution in [2.45, 2.75) is 19.0 Å². The van der Waals surface area contributed by atoms with Crippen LogP contribution in [0.5, 0.6) is 0 Å². The summed E-state index contributed by atoms with van der Waals surface area (Å²) in [7, 11) is 1.56. The number of alkyl halides is 3. The lowest BCUT2D eigenvalue weighted by atomic mass is 10.3. The second kappa shape index (κ2) is 5.13. The molecule has 72 valence electrons. The Morgan fingerprint density at radius 2 is 1.92 bits per heavy atom. The fraction of sp³-hybridized carbons (Fsp3) is 0.857. The van der Waals surface area contributed by atoms with Crippen molar-refractivity contribution < 1.29 is 18.0 Å². The number of nitrogens with zero attached hydrogens (tertiary/aromatic N) is 1. The lowest BCUT2D eigenvalue weighted by molar-refractivity contribution is -0.137. The van der Waals surface area contributed by atoms with E-state index < -0.39 is 12.6 Å². The molecule has 0 aliphatic rings. The molecular weight excluding hydrogens is 171 g/mol. The smallest absolute Gasteiger partial charge is 0.306 e. The largest absolute Gasteiger partial charge is 0.390 e. The molecule has 0 aromatic rings. The van der Waals surface area contributed by atoms with Gasteiger partial charge < -0.3 is 9.69 Å². The Morgan fingerprint density at radius 3 is 2.33 bits per heavy atom. The third kappa shape index (κ3) is 7.53. The quantitative estimate of drug-likeness (QED) is 0.601. The maximum Gasteiger partial charge on any atom is 0.390 e. The average Bonchev–Trinajstić information content (AvgIpc) is 1.95. The van der Waals surface area contributed by atoms with Crippen molar-refractivity contribution in [3.63, 3.8) is 0 Å². The molecule has 0 aromatic heterocycles. The lowest BCUT2D eigenvalue weighted by Gasteiger charge is -2.15. The summed E-state index contributed by atoms with van der Waals surface area (Å²) in [4.78, 5) is 11.3. The second-order valence-electron chi connectivity index (χ2n) is 2.62. The lowest BCUT2D eigenvalue weighted by Crippen LogP contribution is -2.25. The number of rotatable bonds is 5. The van der Waals surface area contributed by atoms with Gasteiger partial charge in [-0.1, -0.05) is 0 Å². The zero-order valence-electron chi connectivity index (χ0n) is 6.90. The van der Waals surface area contributed by atoms with Gasteiger partial charge in [-0.2, -0.15) is 13.2 Å². The van der Waals surface area contributed by atoms with Gasteiger partial charge in [0.15, 0.2) is 0 Å². The highest BCUT2D eigenvalue weighted by Gasteiger charge is 2.26. The Hall–Kier alpha value is -0.580. The summed E-state index contributed by atoms with van der Waals surface area (Å²) >= 11 is 0. The standard InChI is InChI=1S/C7H12F3NO/c1-11(4-2-6-12)5-3-7(8,9)10/h6H,2-5H2,1H3. The van der Waals surface area contributed by atoms with Crippen molar-refractivity contribution in [3.8, 4) is 0 Å². The van der Waals surface area contributed by atoms with Gasteiger partial charge in [0.1, 0.15) is 6.29 Å². The fourth-order valence-electron chi connectivity index (χ4n) is 0.703. The van der Waals surface area contributed by atoms with E-state index in [1.165, 1.54) is 4.90 Å². The topological polar surface area (TPSA) is 20.3 Å². The van der Waals surface area contributed by atoms with Gasteiger partial charge >= 0.3 is 6.18 Å². The van der Waals surface area contributed by atoms with Crippen LogP contribution < -0.4 is 0 Å². The van der Waals surface area contributed by atoms with Crippen LogP contribution in [-0.4, -0.2) is 37.5 Å². The maximum atomic E-state index is 11.6. The van der Waals surface area contributed by atoms with E-state index in [-0.39, 0.29) is 13.0 Å². The highest BCUT2D eigenvalue weighted by molar-refractivity contribution is 5.49. The van der Waals surface area contributed by atoms with Gasteiger partial charge in [-0.3, -0.25) is 0 Å². The molecule has 0 saturated carbocycles. The van der Waals surface area contributed by atoms with Crippen LogP contribution in [0.15, 0.2) is 0 Å². The molecule has 0 amide bonds. The van der Waals surface area contributed by atoms with Crippen LogP contribution >= 0.6 is 0 Å². The first-order valence-electron chi connectivity index (χ1n) is 3.64. The van der Waals surface area contributed by atoms with Crippen molar-refractivity contribution in [2.24, 2.45) is 0 Å². The summed E-state index contributed by atoms with van der Waals surface area (Å²) in [6, 6.07) is 0. The Kier molecular flexibility index (Phi) is 4.89. The van der Waals surface area contributed by atoms with Crippen LogP contribution in [0.25, 0.3) is 0 Å². The molecule has 0 spiro atoms. The van der Waals surface area contributed by atoms with Crippen molar-refractivity contribution in [3.05, 3.63) is 0 Å². The molecular formula is C7H12F3NO. The molecule has 0 atom stereocenters. The highest BCUT2D eigenvalue weighted by Crippen LogP contribution is 2.19. The predicted octanol–water partition coefficient (Wildman–Crippen LogP) is 1.46. The van der Waals surface area contributed by atoms with Gasteiger partial charge in [-0.25, -0.2) is 0 Å². The third-order valence-corrected chi connectivity index (χ3v) is 1.41. The van der Waals surface area contributed by atoms with E-state index in [0.717, 1.165) is 0 Å². The van der Waals surface area contributed by atoms with Gasteiger partial charge in [0.2, 0.25) is 0 Å². The van der Waals surface area contributed by atoms with Gasteiger partial charge in [-0.15, -0.1) is 0 Å². The maximum absolute atomic E-state index is 11.6. The number of hydrogen-bond donors (Lipinski definition) is 0. The monoisotopic (exact) mass is 183 g/mol. The summed E-state index contributed by atoms with van der Waals surface area (Å²) < 4.78 is 34.9. The van der Waals surface area contributed by atoms with Gasteiger partial charge in [0.05, 0.1) is 6.42 Å². The molecule has 0 bridgehead atoms. The van der Waals surface area contributed by atoms with E-state index in [0.29, 0.717) is 12.8 Å². The minimum Gasteiger partial charge on any atom is -0.306 e. The average molecular weight is 183 g/mol. The normalized spacial score (nSPS) is 12.1. The van der Waals surface area contributed by atoms with Crippen LogP contribution in [0, 0.1) is 0 Å². The number of aldehydes is 1. The molecule has 12 heavy (non-hydrogen) atoms. The van der Waals surface area contributed by atoms with E-state index >= 15 is 0 Å². The van der Waals surface area contributed by atoms with E-state index in [1.54, 1.807) is 7.05 Å². The van der Waals surface area contributed by atoms with E-state index in [2.05, 4.69) is 0 Å². The van der Waals surface area contributed by atoms with E-state index in [9.17, 15) is 18.0 Å². The summed E-state index contributed by atoms with van der Waals surface area (Å²) in [6.45, 7) is 0.344. The zero-order valence-corrected chi connectivity index (χ0v) is 6.90. The Balaban J connectivity index is 3.43. The molecule has 0 aromatic carbocycles. The Labute approximate surface area is 69.3 Å². The number of halogens is 3. The predicted molar refractivity (Wildman–Crippen MR) is 38.9 cm³/mol. The first-order valence-corrected chi connectivity index (χ1v) is 3.64. The number of hydrogen-bond acceptors (Lipinski definition) is 2. The van der Waals surface area contributed by atoms with Crippen LogP contribution in [-0.2, 0) is 4.79 Å². The van der Waals surface area contributed by atoms with Gasteiger partial charge in [0, 0.05) is 19.5 Å². The SMILES string of the molecule is CN(CCC=O)CCC(F)(F)F. The van der Waals surface area contributed by atoms with Crippen LogP contribution in [0.4, 0.5) is 13.2 Å². The molecule has 5 heteroatoms. The third-order valence-electron chi connectivity index (χ3n) is 1.41. The molecule has 0 fully saturated rings. The molecule has 2 nitrogen and oxygen atoms in total. The molecule has 0 aliphatic carbocycles. The minimum atomic E-state index is -4.10. The first-order chi connectivity index (χ1) is 5.45. The molecule has 0 aliphatic heterocycles. The van der Waals surface area contributed by atoms with Crippen molar-refractivity contribution in [2.75, 3.05) is 20.1 Å². The summed E-state index contributed by atoms with van der Waals surface area (Å²) in [5, 5.41) is 0. The molecule has 0 N–H and O–H groups in total. The van der Waals surface area contributed by atoms with E-state index in [4.69, 9.17) is 0 Å². The Bertz CT molecular complexity index is 135. The van der Waals surface area contributed by atoms with Crippen LogP contribution in [0.2, 0.25) is 0 Å². The van der Waals surface area contributed by atoms with Crippen molar-refractivity contribution in [1.82, 2.24) is 4.90 Å². The Morgan fingerprint density at radius 1 is 1.33 bits per heavy atom. The van der Waals surface area contributed by atoms with Crippen LogP contribution in [0.1, 0.15) is 12.8 Å². The van der Waals surface area contributed by atoms with Crippen molar-refractivity contribution >= 4 is 6.29 Å². The molecule has 0 saturated heterocycles. The second-order valence-corrected chi connectivity index (χ2v) is 2.62. The van der Waals surface area contributed by atoms with Crippen LogP contribution in [0.3, 0.4) is 0 Å². The summed E-state index contributed by atoms with van der Waals surface area (Å²) in [5.74, 6) is 0. The zero-order chi connectivity index (χ0) is 9.61. The molecule has 0 heterocycles. The highest BCUT2D eigenvalue weighted by atomic mass is 19.4. The number of carbonyl (C=O) groups excluding carboxylic acids is 1. The molecule has 0 radical (unpaired) electrons.